The van der Waals surface area contributed by atoms with Gasteiger partial charge in [-0.15, -0.1) is 0 Å². The molecule has 0 aliphatic heterocycles. The van der Waals surface area contributed by atoms with E-state index in [1.54, 1.807) is 0 Å². The van der Waals surface area contributed by atoms with Crippen LogP contribution in [-0.4, -0.2) is 10.9 Å². The van der Waals surface area contributed by atoms with Crippen molar-refractivity contribution in [2.45, 2.75) is 38.5 Å². The minimum atomic E-state index is 0.0524. The Morgan fingerprint density at radius 1 is 1.14 bits per heavy atom. The number of allylic oxidation sites excluding steroid dienone is 2. The summed E-state index contributed by atoms with van der Waals surface area (Å²) in [6, 6.07) is 0. The Balaban J connectivity index is 2.03. The Morgan fingerprint density at radius 3 is 2.79 bits per heavy atom. The lowest BCUT2D eigenvalue weighted by Gasteiger charge is -2.37. The molecule has 3 atom stereocenters. The fourth-order valence-electron chi connectivity index (χ4n) is 3.76. The molecule has 0 spiro atoms. The molecule has 3 unspecified atom stereocenters. The van der Waals surface area contributed by atoms with Crippen LogP contribution in [-0.2, 0) is 4.79 Å². The lowest BCUT2D eigenvalue weighted by molar-refractivity contribution is -0.122. The second-order valence-corrected chi connectivity index (χ2v) is 4.95. The van der Waals surface area contributed by atoms with E-state index in [0.717, 1.165) is 18.4 Å². The average Bonchev–Trinajstić information content (AvgIpc) is 2.47. The molecule has 1 N–H and O–H groups in total. The maximum Gasteiger partial charge on any atom is 0.200 e. The molecule has 0 aromatic carbocycles. The fraction of sp³-hybridized carbons (Fsp3) is 0.750. The molecular weight excluding hydrogens is 176 g/mol. The summed E-state index contributed by atoms with van der Waals surface area (Å²) < 4.78 is 0. The van der Waals surface area contributed by atoms with Crippen molar-refractivity contribution in [2.75, 3.05) is 0 Å². The minimum absolute atomic E-state index is 0.0524. The molecule has 3 rings (SSSR count). The van der Waals surface area contributed by atoms with E-state index in [1.165, 1.54) is 25.7 Å². The Morgan fingerprint density at radius 2 is 1.93 bits per heavy atom. The van der Waals surface area contributed by atoms with E-state index in [-0.39, 0.29) is 17.5 Å². The van der Waals surface area contributed by atoms with Crippen LogP contribution in [0.1, 0.15) is 38.5 Å². The van der Waals surface area contributed by atoms with Gasteiger partial charge in [-0.2, -0.15) is 0 Å². The number of carbonyl (C=O) groups excluding carboxylic acids is 1. The fourth-order valence-corrected chi connectivity index (χ4v) is 3.76. The number of aliphatic hydroxyl groups excluding tert-OH is 1. The van der Waals surface area contributed by atoms with E-state index < -0.39 is 0 Å². The lowest BCUT2D eigenvalue weighted by Crippen LogP contribution is -2.31. The van der Waals surface area contributed by atoms with Crippen LogP contribution in [0.25, 0.3) is 0 Å². The summed E-state index contributed by atoms with van der Waals surface area (Å²) in [6.07, 6.45) is 6.86. The quantitative estimate of drug-likeness (QED) is 0.640. The number of Topliss-reactive ketones (excluding diaryl/α,β-unsaturated/α-hetero) is 1. The van der Waals surface area contributed by atoms with Gasteiger partial charge in [0.15, 0.2) is 5.76 Å². The van der Waals surface area contributed by atoms with Crippen molar-refractivity contribution in [3.8, 4) is 0 Å². The van der Waals surface area contributed by atoms with Crippen molar-refractivity contribution in [1.29, 1.82) is 0 Å². The third-order valence-electron chi connectivity index (χ3n) is 4.33. The molecule has 0 saturated heterocycles. The number of hydrogen-bond donors (Lipinski definition) is 1. The molecule has 14 heavy (non-hydrogen) atoms. The zero-order valence-corrected chi connectivity index (χ0v) is 8.33. The van der Waals surface area contributed by atoms with Crippen molar-refractivity contribution >= 4 is 5.78 Å². The molecule has 0 bridgehead atoms. The van der Waals surface area contributed by atoms with Crippen molar-refractivity contribution in [3.63, 3.8) is 0 Å². The van der Waals surface area contributed by atoms with Gasteiger partial charge in [-0.25, -0.2) is 0 Å². The number of carbonyl (C=O) groups is 1. The molecule has 0 amide bonds. The lowest BCUT2D eigenvalue weighted by atomic mass is 9.66. The van der Waals surface area contributed by atoms with Crippen LogP contribution in [0.4, 0.5) is 0 Å². The predicted octanol–water partition coefficient (Wildman–Crippen LogP) is 2.60. The van der Waals surface area contributed by atoms with Crippen LogP contribution < -0.4 is 0 Å². The molecule has 0 heterocycles. The van der Waals surface area contributed by atoms with Gasteiger partial charge in [0.05, 0.1) is 0 Å². The Bertz CT molecular complexity index is 314. The van der Waals surface area contributed by atoms with Crippen LogP contribution in [0.15, 0.2) is 11.3 Å². The van der Waals surface area contributed by atoms with E-state index >= 15 is 0 Å². The van der Waals surface area contributed by atoms with Gasteiger partial charge in [-0.1, -0.05) is 6.42 Å². The number of aliphatic hydroxyl groups is 1. The second-order valence-electron chi connectivity index (χ2n) is 4.95. The van der Waals surface area contributed by atoms with Crippen molar-refractivity contribution in [3.05, 3.63) is 11.3 Å². The third kappa shape index (κ3) is 0.943. The topological polar surface area (TPSA) is 37.3 Å². The number of ketones is 1. The molecule has 3 aliphatic rings. The zero-order chi connectivity index (χ0) is 9.71. The molecule has 2 fully saturated rings. The maximum atomic E-state index is 11.8. The van der Waals surface area contributed by atoms with Gasteiger partial charge in [-0.05, 0) is 49.5 Å². The Kier molecular flexibility index (Phi) is 1.73. The van der Waals surface area contributed by atoms with Crippen molar-refractivity contribution in [1.82, 2.24) is 0 Å². The van der Waals surface area contributed by atoms with E-state index in [2.05, 4.69) is 0 Å². The first-order valence-corrected chi connectivity index (χ1v) is 5.75. The smallest absolute Gasteiger partial charge is 0.200 e. The average molecular weight is 192 g/mol. The zero-order valence-electron chi connectivity index (χ0n) is 8.33. The highest BCUT2D eigenvalue weighted by Crippen LogP contribution is 2.51. The monoisotopic (exact) mass is 192 g/mol. The summed E-state index contributed by atoms with van der Waals surface area (Å²) in [5.41, 5.74) is 1.11. The summed E-state index contributed by atoms with van der Waals surface area (Å²) >= 11 is 0. The van der Waals surface area contributed by atoms with Gasteiger partial charge in [0.25, 0.3) is 0 Å². The molecule has 76 valence electrons. The van der Waals surface area contributed by atoms with E-state index in [1.807, 2.05) is 0 Å². The van der Waals surface area contributed by atoms with Gasteiger partial charge in [0, 0.05) is 5.92 Å². The first-order valence-electron chi connectivity index (χ1n) is 5.75. The minimum Gasteiger partial charge on any atom is -0.504 e. The largest absolute Gasteiger partial charge is 0.504 e. The predicted molar refractivity (Wildman–Crippen MR) is 52.8 cm³/mol. The molecule has 2 heteroatoms. The molecule has 0 radical (unpaired) electrons. The van der Waals surface area contributed by atoms with Crippen LogP contribution >= 0.6 is 0 Å². The number of rotatable bonds is 0. The Labute approximate surface area is 84.0 Å². The summed E-state index contributed by atoms with van der Waals surface area (Å²) in [5, 5.41) is 9.77. The maximum absolute atomic E-state index is 11.8. The standard InChI is InChI=1S/C12H16O2/c13-11-8-5-1-3-7-4-2-6-9(10(7)8)12(11)14/h7-8,10,14H,1-6H2. The van der Waals surface area contributed by atoms with Crippen molar-refractivity contribution in [2.24, 2.45) is 17.8 Å². The van der Waals surface area contributed by atoms with E-state index in [4.69, 9.17) is 0 Å². The third-order valence-corrected chi connectivity index (χ3v) is 4.33. The summed E-state index contributed by atoms with van der Waals surface area (Å²) in [6.45, 7) is 0. The highest BCUT2D eigenvalue weighted by Gasteiger charge is 2.48. The molecular formula is C12H16O2. The van der Waals surface area contributed by atoms with E-state index in [9.17, 15) is 9.90 Å². The first-order chi connectivity index (χ1) is 6.79. The van der Waals surface area contributed by atoms with Crippen LogP contribution in [0.5, 0.6) is 0 Å². The van der Waals surface area contributed by atoms with Crippen LogP contribution in [0.3, 0.4) is 0 Å². The first kappa shape index (κ1) is 8.51. The van der Waals surface area contributed by atoms with E-state index in [0.29, 0.717) is 11.8 Å². The van der Waals surface area contributed by atoms with Crippen LogP contribution in [0, 0.1) is 17.8 Å². The highest BCUT2D eigenvalue weighted by atomic mass is 16.3. The summed E-state index contributed by atoms with van der Waals surface area (Å²) in [4.78, 5) is 11.8. The van der Waals surface area contributed by atoms with Gasteiger partial charge in [0.2, 0.25) is 5.78 Å². The second kappa shape index (κ2) is 2.85. The van der Waals surface area contributed by atoms with Gasteiger partial charge in [0.1, 0.15) is 0 Å². The summed E-state index contributed by atoms with van der Waals surface area (Å²) in [5.74, 6) is 1.49. The Hall–Kier alpha value is -0.790. The normalized spacial score (nSPS) is 41.4. The summed E-state index contributed by atoms with van der Waals surface area (Å²) in [7, 11) is 0. The van der Waals surface area contributed by atoms with Gasteiger partial charge in [-0.3, -0.25) is 4.79 Å². The van der Waals surface area contributed by atoms with Crippen LogP contribution in [0.2, 0.25) is 0 Å². The van der Waals surface area contributed by atoms with Gasteiger partial charge < -0.3 is 5.11 Å². The van der Waals surface area contributed by atoms with Crippen molar-refractivity contribution < 1.29 is 9.90 Å². The molecule has 3 aliphatic carbocycles. The molecule has 2 nitrogen and oxygen atoms in total. The molecule has 2 saturated carbocycles. The SMILES string of the molecule is O=C1C(O)=C2CCCC3CCCC1C23. The van der Waals surface area contributed by atoms with Gasteiger partial charge >= 0.3 is 0 Å². The molecule has 0 aromatic heterocycles. The number of hydrogen-bond acceptors (Lipinski definition) is 2. The molecule has 0 aromatic rings. The highest BCUT2D eigenvalue weighted by molar-refractivity contribution is 5.99.